The molecule has 1 amide bonds. The van der Waals surface area contributed by atoms with E-state index in [0.717, 1.165) is 25.4 Å². The molecular weight excluding hydrogens is 410 g/mol. The smallest absolute Gasteiger partial charge is 0.266 e. The fourth-order valence-corrected chi connectivity index (χ4v) is 6.36. The van der Waals surface area contributed by atoms with Crippen molar-refractivity contribution in [3.8, 4) is 10.8 Å². The molecule has 3 rings (SSSR count). The molecule has 3 heterocycles. The minimum absolute atomic E-state index is 0.0408. The van der Waals surface area contributed by atoms with Crippen LogP contribution in [0.25, 0.3) is 10.8 Å². The summed E-state index contributed by atoms with van der Waals surface area (Å²) in [4.78, 5) is 22.5. The zero-order valence-corrected chi connectivity index (χ0v) is 19.1. The number of thiazole rings is 1. The van der Waals surface area contributed by atoms with Crippen molar-refractivity contribution in [3.05, 3.63) is 28.5 Å². The van der Waals surface area contributed by atoms with Crippen molar-refractivity contribution in [2.75, 3.05) is 37.7 Å². The number of aromatic nitrogens is 1. The van der Waals surface area contributed by atoms with Crippen molar-refractivity contribution in [3.63, 3.8) is 0 Å². The van der Waals surface area contributed by atoms with Crippen LogP contribution in [0.5, 0.6) is 0 Å². The van der Waals surface area contributed by atoms with Crippen LogP contribution >= 0.6 is 11.3 Å². The van der Waals surface area contributed by atoms with Crippen molar-refractivity contribution < 1.29 is 17.6 Å². The van der Waals surface area contributed by atoms with Crippen LogP contribution in [0.1, 0.15) is 41.4 Å². The van der Waals surface area contributed by atoms with Crippen molar-refractivity contribution in [1.29, 1.82) is 0 Å². The van der Waals surface area contributed by atoms with Crippen molar-refractivity contribution >= 4 is 27.1 Å². The van der Waals surface area contributed by atoms with Gasteiger partial charge in [0.15, 0.2) is 20.6 Å². The third-order valence-corrected chi connectivity index (χ3v) is 8.31. The lowest BCUT2D eigenvalue weighted by atomic mass is 10.2. The number of rotatable bonds is 8. The molecule has 0 bridgehead atoms. The summed E-state index contributed by atoms with van der Waals surface area (Å²) in [5, 5.41) is 0.668. The molecule has 2 aromatic rings. The van der Waals surface area contributed by atoms with Crippen molar-refractivity contribution in [2.24, 2.45) is 0 Å². The Labute approximate surface area is 176 Å². The van der Waals surface area contributed by atoms with Gasteiger partial charge in [-0.25, -0.2) is 13.4 Å². The highest BCUT2D eigenvalue weighted by atomic mass is 32.2. The Bertz CT molecular complexity index is 960. The highest BCUT2D eigenvalue weighted by Crippen LogP contribution is 2.31. The largest absolute Gasteiger partial charge is 0.459 e. The van der Waals surface area contributed by atoms with Gasteiger partial charge >= 0.3 is 0 Å². The topological polar surface area (TPSA) is 83.7 Å². The molecule has 0 N–H and O–H groups in total. The number of hydrogen-bond acceptors (Lipinski definition) is 7. The monoisotopic (exact) mass is 439 g/mol. The standard InChI is InChI=1S/C20H29N3O4S2/c1-5-22(6-2)10-11-23(16-9-12-29(25,26)13-16)20(24)18-15(4)21-19(28-18)17-8-7-14(3)27-17/h7-8,16H,5-6,9-13H2,1-4H3. The number of furan rings is 1. The van der Waals surface area contributed by atoms with Crippen LogP contribution in [0.4, 0.5) is 0 Å². The summed E-state index contributed by atoms with van der Waals surface area (Å²) in [6.07, 6.45) is 0.494. The predicted octanol–water partition coefficient (Wildman–Crippen LogP) is 2.99. The average molecular weight is 440 g/mol. The maximum Gasteiger partial charge on any atom is 0.266 e. The molecule has 9 heteroatoms. The quantitative estimate of drug-likeness (QED) is 0.629. The summed E-state index contributed by atoms with van der Waals surface area (Å²) in [7, 11) is -3.09. The van der Waals surface area contributed by atoms with Gasteiger partial charge in [-0.15, -0.1) is 11.3 Å². The molecule has 0 spiro atoms. The zero-order chi connectivity index (χ0) is 21.2. The summed E-state index contributed by atoms with van der Waals surface area (Å²) < 4.78 is 29.7. The molecule has 0 saturated carbocycles. The Hall–Kier alpha value is -1.71. The van der Waals surface area contributed by atoms with Crippen LogP contribution in [0.15, 0.2) is 16.5 Å². The van der Waals surface area contributed by atoms with E-state index in [-0.39, 0.29) is 23.5 Å². The van der Waals surface area contributed by atoms with Gasteiger partial charge in [0.25, 0.3) is 5.91 Å². The minimum atomic E-state index is -3.09. The molecule has 1 aliphatic rings. The normalized spacial score (nSPS) is 18.4. The fourth-order valence-electron chi connectivity index (χ4n) is 3.64. The summed E-state index contributed by atoms with van der Waals surface area (Å²) in [6, 6.07) is 3.44. The van der Waals surface area contributed by atoms with E-state index in [1.807, 2.05) is 26.0 Å². The van der Waals surface area contributed by atoms with Crippen LogP contribution < -0.4 is 0 Å². The number of carbonyl (C=O) groups is 1. The molecule has 1 saturated heterocycles. The van der Waals surface area contributed by atoms with Gasteiger partial charge in [-0.2, -0.15) is 0 Å². The van der Waals surface area contributed by atoms with Gasteiger partial charge < -0.3 is 14.2 Å². The number of carbonyl (C=O) groups excluding carboxylic acids is 1. The van der Waals surface area contributed by atoms with E-state index in [1.165, 1.54) is 11.3 Å². The number of amides is 1. The molecule has 2 aromatic heterocycles. The van der Waals surface area contributed by atoms with Crippen LogP contribution in [0.2, 0.25) is 0 Å². The maximum absolute atomic E-state index is 13.5. The van der Waals surface area contributed by atoms with Gasteiger partial charge in [0, 0.05) is 19.1 Å². The van der Waals surface area contributed by atoms with E-state index in [9.17, 15) is 13.2 Å². The van der Waals surface area contributed by atoms with Crippen LogP contribution in [-0.4, -0.2) is 72.8 Å². The van der Waals surface area contributed by atoms with E-state index in [4.69, 9.17) is 4.42 Å². The Kier molecular flexibility index (Phi) is 6.80. The number of sulfone groups is 1. The summed E-state index contributed by atoms with van der Waals surface area (Å²) in [5.41, 5.74) is 0.651. The first kappa shape index (κ1) is 22.0. The number of aryl methyl sites for hydroxylation is 2. The molecule has 29 heavy (non-hydrogen) atoms. The molecule has 0 aliphatic carbocycles. The average Bonchev–Trinajstić information content (AvgIpc) is 3.37. The van der Waals surface area contributed by atoms with Gasteiger partial charge in [-0.3, -0.25) is 4.79 Å². The summed E-state index contributed by atoms with van der Waals surface area (Å²) >= 11 is 1.31. The van der Waals surface area contributed by atoms with Crippen molar-refractivity contribution in [2.45, 2.75) is 40.2 Å². The number of likely N-dealkylation sites (N-methyl/N-ethyl adjacent to an activating group) is 1. The van der Waals surface area contributed by atoms with Crippen molar-refractivity contribution in [1.82, 2.24) is 14.8 Å². The third-order valence-electron chi connectivity index (χ3n) is 5.40. The molecule has 1 unspecified atom stereocenters. The van der Waals surface area contributed by atoms with E-state index in [0.29, 0.717) is 34.3 Å². The highest BCUT2D eigenvalue weighted by molar-refractivity contribution is 7.91. The molecule has 1 fully saturated rings. The Morgan fingerprint density at radius 2 is 1.97 bits per heavy atom. The second-order valence-electron chi connectivity index (χ2n) is 7.43. The third kappa shape index (κ3) is 5.07. The minimum Gasteiger partial charge on any atom is -0.459 e. The SMILES string of the molecule is CCN(CC)CCN(C(=O)c1sc(-c2ccc(C)o2)nc1C)C1CCS(=O)(=O)C1. The van der Waals surface area contributed by atoms with Crippen LogP contribution in [0.3, 0.4) is 0 Å². The van der Waals surface area contributed by atoms with E-state index < -0.39 is 9.84 Å². The molecule has 1 aliphatic heterocycles. The lowest BCUT2D eigenvalue weighted by molar-refractivity contribution is 0.0678. The first-order valence-corrected chi connectivity index (χ1v) is 12.7. The molecule has 0 aromatic carbocycles. The van der Waals surface area contributed by atoms with Crippen LogP contribution in [0, 0.1) is 13.8 Å². The van der Waals surface area contributed by atoms with E-state index in [2.05, 4.69) is 23.7 Å². The Balaban J connectivity index is 1.86. The van der Waals surface area contributed by atoms with Gasteiger partial charge in [-0.05, 0) is 45.5 Å². The zero-order valence-electron chi connectivity index (χ0n) is 17.5. The Morgan fingerprint density at radius 1 is 1.24 bits per heavy atom. The lowest BCUT2D eigenvalue weighted by Crippen LogP contribution is -2.45. The first-order valence-electron chi connectivity index (χ1n) is 10.0. The molecule has 160 valence electrons. The van der Waals surface area contributed by atoms with Gasteiger partial charge in [0.2, 0.25) is 0 Å². The Morgan fingerprint density at radius 3 is 2.52 bits per heavy atom. The molecule has 7 nitrogen and oxygen atoms in total. The van der Waals surface area contributed by atoms with E-state index >= 15 is 0 Å². The first-order chi connectivity index (χ1) is 13.7. The highest BCUT2D eigenvalue weighted by Gasteiger charge is 2.36. The molecule has 0 radical (unpaired) electrons. The van der Waals surface area contributed by atoms with E-state index in [1.54, 1.807) is 4.90 Å². The molecule has 1 atom stereocenters. The second kappa shape index (κ2) is 8.97. The summed E-state index contributed by atoms with van der Waals surface area (Å²) in [6.45, 7) is 10.9. The lowest BCUT2D eigenvalue weighted by Gasteiger charge is -2.30. The van der Waals surface area contributed by atoms with Crippen LogP contribution in [-0.2, 0) is 9.84 Å². The van der Waals surface area contributed by atoms with Gasteiger partial charge in [-0.1, -0.05) is 13.8 Å². The summed E-state index contributed by atoms with van der Waals surface area (Å²) in [5.74, 6) is 1.49. The maximum atomic E-state index is 13.5. The second-order valence-corrected chi connectivity index (χ2v) is 10.7. The molecular formula is C20H29N3O4S2. The van der Waals surface area contributed by atoms with Gasteiger partial charge in [0.1, 0.15) is 10.6 Å². The van der Waals surface area contributed by atoms with Gasteiger partial charge in [0.05, 0.1) is 17.2 Å². The number of hydrogen-bond donors (Lipinski definition) is 0. The predicted molar refractivity (Wildman–Crippen MR) is 115 cm³/mol. The fraction of sp³-hybridized carbons (Fsp3) is 0.600. The number of nitrogens with zero attached hydrogens (tertiary/aromatic N) is 3.